The molecule has 4 nitrogen and oxygen atoms in total. The Kier molecular flexibility index (Phi) is 4.96. The normalized spacial score (nSPS) is 15.8. The van der Waals surface area contributed by atoms with Crippen LogP contribution >= 0.6 is 23.4 Å². The van der Waals surface area contributed by atoms with Crippen LogP contribution in [0.25, 0.3) is 0 Å². The third-order valence-electron chi connectivity index (χ3n) is 3.81. The van der Waals surface area contributed by atoms with Crippen LogP contribution in [-0.4, -0.2) is 22.4 Å². The molecule has 26 heavy (non-hydrogen) atoms. The Morgan fingerprint density at radius 1 is 1.31 bits per heavy atom. The van der Waals surface area contributed by atoms with Crippen molar-refractivity contribution in [3.05, 3.63) is 41.3 Å². The topological polar surface area (TPSA) is 46.1 Å². The molecule has 0 radical (unpaired) electrons. The molecular formula is C18H18ClF2N3OS. The quantitative estimate of drug-likeness (QED) is 0.718. The van der Waals surface area contributed by atoms with Crippen LogP contribution in [0.3, 0.4) is 0 Å². The van der Waals surface area contributed by atoms with E-state index in [9.17, 15) is 13.6 Å². The molecule has 0 unspecified atom stereocenters. The molecule has 1 aliphatic heterocycles. The Bertz CT molecular complexity index is 837. The predicted octanol–water partition coefficient (Wildman–Crippen LogP) is 5.16. The van der Waals surface area contributed by atoms with Crippen molar-refractivity contribution >= 4 is 35.0 Å². The summed E-state index contributed by atoms with van der Waals surface area (Å²) in [6, 6.07) is 4.84. The third-order valence-corrected chi connectivity index (χ3v) is 4.99. The first kappa shape index (κ1) is 19.0. The number of anilines is 1. The van der Waals surface area contributed by atoms with Crippen LogP contribution in [0.5, 0.6) is 0 Å². The molecule has 138 valence electrons. The Morgan fingerprint density at radius 2 is 2.04 bits per heavy atom. The van der Waals surface area contributed by atoms with Crippen LogP contribution in [0.2, 0.25) is 5.15 Å². The van der Waals surface area contributed by atoms with Crippen molar-refractivity contribution in [1.82, 2.24) is 9.97 Å². The van der Waals surface area contributed by atoms with Crippen molar-refractivity contribution in [1.29, 1.82) is 0 Å². The number of fused-ring (bicyclic) bond motifs is 1. The number of hydrogen-bond donors (Lipinski definition) is 0. The molecule has 3 rings (SSSR count). The summed E-state index contributed by atoms with van der Waals surface area (Å²) in [5, 5.41) is 0.690. The lowest BCUT2D eigenvalue weighted by atomic mass is 9.91. The molecule has 0 aliphatic carbocycles. The van der Waals surface area contributed by atoms with Gasteiger partial charge in [-0.25, -0.2) is 9.97 Å². The predicted molar refractivity (Wildman–Crippen MR) is 97.9 cm³/mol. The number of carbonyl (C=O) groups is 1. The SMILES string of the molecule is CC(C)(C)CC(=O)N1CC(F)(F)c2c(Sc3cnc(Cl)cn3)cccc21. The van der Waals surface area contributed by atoms with Crippen LogP contribution in [-0.2, 0) is 10.7 Å². The summed E-state index contributed by atoms with van der Waals surface area (Å²) >= 11 is 6.79. The number of halogens is 3. The Hall–Kier alpha value is -1.73. The minimum atomic E-state index is -3.12. The number of hydrogen-bond acceptors (Lipinski definition) is 4. The summed E-state index contributed by atoms with van der Waals surface area (Å²) in [6.45, 7) is 5.09. The molecule has 2 heterocycles. The fourth-order valence-electron chi connectivity index (χ4n) is 2.80. The maximum Gasteiger partial charge on any atom is 0.293 e. The number of rotatable bonds is 3. The maximum atomic E-state index is 14.7. The molecule has 1 aromatic heterocycles. The Labute approximate surface area is 160 Å². The van der Waals surface area contributed by atoms with E-state index in [2.05, 4.69) is 9.97 Å². The first-order valence-electron chi connectivity index (χ1n) is 8.04. The van der Waals surface area contributed by atoms with E-state index in [0.717, 1.165) is 11.8 Å². The number of amides is 1. The molecule has 8 heteroatoms. The first-order chi connectivity index (χ1) is 12.1. The highest BCUT2D eigenvalue weighted by atomic mass is 35.5. The molecule has 0 atom stereocenters. The second kappa shape index (κ2) is 6.78. The molecule has 0 N–H and O–H groups in total. The summed E-state index contributed by atoms with van der Waals surface area (Å²) in [6.07, 6.45) is 2.99. The van der Waals surface area contributed by atoms with E-state index >= 15 is 0 Å². The van der Waals surface area contributed by atoms with Gasteiger partial charge in [-0.05, 0) is 17.5 Å². The van der Waals surface area contributed by atoms with Gasteiger partial charge in [0.1, 0.15) is 10.2 Å². The standard InChI is InChI=1S/C18H18ClF2N3OS/c1-17(2,3)7-15(25)24-10-18(20,21)16-11(24)5-4-6-12(16)26-14-9-22-13(19)8-23-14/h4-6,8-9H,7,10H2,1-3H3. The van der Waals surface area contributed by atoms with Gasteiger partial charge in [-0.15, -0.1) is 0 Å². The van der Waals surface area contributed by atoms with Gasteiger partial charge in [-0.3, -0.25) is 4.79 Å². The number of nitrogens with zero attached hydrogens (tertiary/aromatic N) is 3. The molecule has 0 saturated carbocycles. The van der Waals surface area contributed by atoms with Crippen molar-refractivity contribution in [2.45, 2.75) is 43.0 Å². The number of alkyl halides is 2. The molecule has 0 fully saturated rings. The van der Waals surface area contributed by atoms with E-state index in [4.69, 9.17) is 11.6 Å². The molecule has 1 aromatic carbocycles. The van der Waals surface area contributed by atoms with Crippen LogP contribution in [0, 0.1) is 5.41 Å². The Balaban J connectivity index is 1.96. The summed E-state index contributed by atoms with van der Waals surface area (Å²) in [4.78, 5) is 22.1. The van der Waals surface area contributed by atoms with Crippen molar-refractivity contribution in [3.63, 3.8) is 0 Å². The molecular weight excluding hydrogens is 380 g/mol. The summed E-state index contributed by atoms with van der Waals surface area (Å²) in [5.74, 6) is -3.42. The fraction of sp³-hybridized carbons (Fsp3) is 0.389. The zero-order valence-electron chi connectivity index (χ0n) is 14.6. The fourth-order valence-corrected chi connectivity index (χ4v) is 3.83. The van der Waals surface area contributed by atoms with E-state index in [-0.39, 0.29) is 34.1 Å². The van der Waals surface area contributed by atoms with Crippen molar-refractivity contribution in [3.8, 4) is 0 Å². The molecule has 0 spiro atoms. The van der Waals surface area contributed by atoms with Crippen molar-refractivity contribution in [2.75, 3.05) is 11.4 Å². The molecule has 0 bridgehead atoms. The summed E-state index contributed by atoms with van der Waals surface area (Å²) < 4.78 is 29.5. The zero-order valence-corrected chi connectivity index (χ0v) is 16.2. The second-order valence-electron chi connectivity index (χ2n) is 7.35. The average molecular weight is 398 g/mol. The van der Waals surface area contributed by atoms with Gasteiger partial charge in [0.05, 0.1) is 30.2 Å². The van der Waals surface area contributed by atoms with Gasteiger partial charge in [0.2, 0.25) is 5.91 Å². The first-order valence-corrected chi connectivity index (χ1v) is 9.23. The monoisotopic (exact) mass is 397 g/mol. The zero-order chi connectivity index (χ0) is 19.1. The van der Waals surface area contributed by atoms with Crippen LogP contribution in [0.1, 0.15) is 32.8 Å². The summed E-state index contributed by atoms with van der Waals surface area (Å²) in [7, 11) is 0. The molecule has 0 saturated heterocycles. The van der Waals surface area contributed by atoms with E-state index in [1.807, 2.05) is 20.8 Å². The second-order valence-corrected chi connectivity index (χ2v) is 8.80. The van der Waals surface area contributed by atoms with Gasteiger partial charge in [0.15, 0.2) is 0 Å². The van der Waals surface area contributed by atoms with E-state index in [1.54, 1.807) is 18.2 Å². The highest BCUT2D eigenvalue weighted by Crippen LogP contribution is 2.49. The lowest BCUT2D eigenvalue weighted by Gasteiger charge is -2.23. The van der Waals surface area contributed by atoms with Gasteiger partial charge < -0.3 is 4.90 Å². The van der Waals surface area contributed by atoms with Gasteiger partial charge in [0, 0.05) is 11.3 Å². The minimum absolute atomic E-state index is 0.135. The highest BCUT2D eigenvalue weighted by Gasteiger charge is 2.47. The summed E-state index contributed by atoms with van der Waals surface area (Å²) in [5.41, 5.74) is -0.152. The van der Waals surface area contributed by atoms with Gasteiger partial charge in [-0.1, -0.05) is 50.2 Å². The molecule has 1 amide bonds. The van der Waals surface area contributed by atoms with Crippen molar-refractivity contribution < 1.29 is 13.6 Å². The smallest absolute Gasteiger partial charge is 0.293 e. The van der Waals surface area contributed by atoms with E-state index in [0.29, 0.717) is 9.92 Å². The third kappa shape index (κ3) is 3.99. The largest absolute Gasteiger partial charge is 0.305 e. The van der Waals surface area contributed by atoms with Crippen molar-refractivity contribution in [2.24, 2.45) is 5.41 Å². The number of carbonyl (C=O) groups excluding carboxylic acids is 1. The highest BCUT2D eigenvalue weighted by molar-refractivity contribution is 7.99. The van der Waals surface area contributed by atoms with Gasteiger partial charge >= 0.3 is 0 Å². The lowest BCUT2D eigenvalue weighted by molar-refractivity contribution is -0.121. The Morgan fingerprint density at radius 3 is 2.65 bits per heavy atom. The molecule has 1 aliphatic rings. The van der Waals surface area contributed by atoms with Crippen LogP contribution in [0.15, 0.2) is 40.5 Å². The number of aromatic nitrogens is 2. The van der Waals surface area contributed by atoms with Crippen LogP contribution < -0.4 is 4.90 Å². The molecule has 2 aromatic rings. The lowest BCUT2D eigenvalue weighted by Crippen LogP contribution is -2.35. The van der Waals surface area contributed by atoms with E-state index in [1.165, 1.54) is 17.3 Å². The average Bonchev–Trinajstić information content (AvgIpc) is 2.81. The van der Waals surface area contributed by atoms with Crippen LogP contribution in [0.4, 0.5) is 14.5 Å². The van der Waals surface area contributed by atoms with Gasteiger partial charge in [-0.2, -0.15) is 8.78 Å². The van der Waals surface area contributed by atoms with Gasteiger partial charge in [0.25, 0.3) is 5.92 Å². The minimum Gasteiger partial charge on any atom is -0.305 e. The maximum absolute atomic E-state index is 14.7. The number of benzene rings is 1. The van der Waals surface area contributed by atoms with E-state index < -0.39 is 12.5 Å².